The van der Waals surface area contributed by atoms with E-state index in [1.807, 2.05) is 20.8 Å². The third-order valence-corrected chi connectivity index (χ3v) is 3.13. The molecule has 0 bridgehead atoms. The van der Waals surface area contributed by atoms with E-state index in [4.69, 9.17) is 9.47 Å². The Hall–Kier alpha value is -1.40. The Morgan fingerprint density at radius 1 is 1.14 bits per heavy atom. The number of alkyl halides is 2. The molecule has 4 nitrogen and oxygen atoms in total. The summed E-state index contributed by atoms with van der Waals surface area (Å²) in [5.41, 5.74) is -2.61. The van der Waals surface area contributed by atoms with Crippen LogP contribution in [0.3, 0.4) is 0 Å². The summed E-state index contributed by atoms with van der Waals surface area (Å²) < 4.78 is 37.0. The van der Waals surface area contributed by atoms with E-state index in [0.29, 0.717) is 11.5 Å². The second-order valence-corrected chi connectivity index (χ2v) is 5.90. The van der Waals surface area contributed by atoms with Crippen LogP contribution in [0.15, 0.2) is 18.2 Å². The molecule has 1 rings (SSSR count). The number of nitrogens with one attached hydrogen (secondary N) is 1. The van der Waals surface area contributed by atoms with Gasteiger partial charge in [0.25, 0.3) is 6.43 Å². The van der Waals surface area contributed by atoms with Crippen LogP contribution in [0.5, 0.6) is 11.5 Å². The van der Waals surface area contributed by atoms with Crippen molar-refractivity contribution in [1.29, 1.82) is 0 Å². The van der Waals surface area contributed by atoms with Gasteiger partial charge in [0, 0.05) is 12.1 Å². The minimum absolute atomic E-state index is 0.0758. The quantitative estimate of drug-likeness (QED) is 0.848. The van der Waals surface area contributed by atoms with Crippen molar-refractivity contribution >= 4 is 0 Å². The molecule has 0 amide bonds. The fourth-order valence-electron chi connectivity index (χ4n) is 1.81. The zero-order valence-corrected chi connectivity index (χ0v) is 13.0. The number of benzene rings is 1. The summed E-state index contributed by atoms with van der Waals surface area (Å²) in [5, 5.41) is 13.3. The monoisotopic (exact) mass is 303 g/mol. The second-order valence-electron chi connectivity index (χ2n) is 5.90. The Kier molecular flexibility index (Phi) is 5.53. The highest BCUT2D eigenvalue weighted by molar-refractivity contribution is 5.45. The summed E-state index contributed by atoms with van der Waals surface area (Å²) in [6, 6.07) is 4.28. The molecule has 120 valence electrons. The molecule has 0 spiro atoms. The number of methoxy groups -OCH3 is 2. The van der Waals surface area contributed by atoms with Crippen molar-refractivity contribution < 1.29 is 23.4 Å². The highest BCUT2D eigenvalue weighted by Crippen LogP contribution is 2.35. The average molecular weight is 303 g/mol. The summed E-state index contributed by atoms with van der Waals surface area (Å²) in [5.74, 6) is 0.714. The maximum Gasteiger partial charge on any atom is 0.272 e. The topological polar surface area (TPSA) is 50.7 Å². The number of aliphatic hydroxyl groups is 1. The summed E-state index contributed by atoms with van der Waals surface area (Å²) in [6.07, 6.45) is -2.94. The van der Waals surface area contributed by atoms with Gasteiger partial charge in [0.15, 0.2) is 17.1 Å². The molecule has 0 aliphatic heterocycles. The molecule has 21 heavy (non-hydrogen) atoms. The lowest BCUT2D eigenvalue weighted by molar-refractivity contribution is -0.102. The van der Waals surface area contributed by atoms with E-state index in [0.717, 1.165) is 0 Å². The number of hydrogen-bond donors (Lipinski definition) is 2. The lowest BCUT2D eigenvalue weighted by atomic mass is 9.92. The van der Waals surface area contributed by atoms with Crippen molar-refractivity contribution in [2.24, 2.45) is 0 Å². The molecule has 0 aliphatic carbocycles. The summed E-state index contributed by atoms with van der Waals surface area (Å²) in [7, 11) is 2.87. The van der Waals surface area contributed by atoms with E-state index in [1.54, 1.807) is 0 Å². The first-order chi connectivity index (χ1) is 9.64. The van der Waals surface area contributed by atoms with Crippen molar-refractivity contribution in [1.82, 2.24) is 5.32 Å². The maximum atomic E-state index is 13.4. The van der Waals surface area contributed by atoms with Crippen molar-refractivity contribution in [2.75, 3.05) is 20.8 Å². The minimum Gasteiger partial charge on any atom is -0.493 e. The second kappa shape index (κ2) is 6.58. The predicted molar refractivity (Wildman–Crippen MR) is 77.2 cm³/mol. The van der Waals surface area contributed by atoms with E-state index in [9.17, 15) is 13.9 Å². The zero-order chi connectivity index (χ0) is 16.3. The van der Waals surface area contributed by atoms with E-state index in [2.05, 4.69) is 5.32 Å². The van der Waals surface area contributed by atoms with Crippen LogP contribution in [-0.2, 0) is 5.60 Å². The molecule has 0 radical (unpaired) electrons. The first-order valence-electron chi connectivity index (χ1n) is 6.62. The van der Waals surface area contributed by atoms with Gasteiger partial charge in [-0.15, -0.1) is 0 Å². The molecule has 1 atom stereocenters. The molecule has 1 aromatic carbocycles. The first-order valence-corrected chi connectivity index (χ1v) is 6.62. The van der Waals surface area contributed by atoms with Gasteiger partial charge in [-0.2, -0.15) is 0 Å². The van der Waals surface area contributed by atoms with Crippen molar-refractivity contribution in [3.63, 3.8) is 0 Å². The summed E-state index contributed by atoms with van der Waals surface area (Å²) in [6.45, 7) is 5.25. The Bertz CT molecular complexity index is 474. The van der Waals surface area contributed by atoms with Gasteiger partial charge in [-0.05, 0) is 38.5 Å². The first kappa shape index (κ1) is 17.7. The van der Waals surface area contributed by atoms with Crippen LogP contribution in [0.1, 0.15) is 26.3 Å². The van der Waals surface area contributed by atoms with Gasteiger partial charge >= 0.3 is 0 Å². The fourth-order valence-corrected chi connectivity index (χ4v) is 1.81. The van der Waals surface area contributed by atoms with E-state index in [1.165, 1.54) is 32.4 Å². The number of halogens is 2. The Morgan fingerprint density at radius 2 is 1.71 bits per heavy atom. The molecule has 0 saturated carbocycles. The van der Waals surface area contributed by atoms with Gasteiger partial charge in [0.1, 0.15) is 0 Å². The number of β-amino-alcohol motifs (C(OH)–C–C–N with tert-alkyl or cyclic N) is 1. The summed E-state index contributed by atoms with van der Waals surface area (Å²) >= 11 is 0. The van der Waals surface area contributed by atoms with Gasteiger partial charge in [-0.25, -0.2) is 8.78 Å². The van der Waals surface area contributed by atoms with Gasteiger partial charge < -0.3 is 19.9 Å². The van der Waals surface area contributed by atoms with Crippen LogP contribution in [-0.4, -0.2) is 37.8 Å². The smallest absolute Gasteiger partial charge is 0.272 e. The third-order valence-electron chi connectivity index (χ3n) is 3.13. The molecule has 6 heteroatoms. The highest BCUT2D eigenvalue weighted by atomic mass is 19.3. The maximum absolute atomic E-state index is 13.4. The van der Waals surface area contributed by atoms with Gasteiger partial charge in [-0.3, -0.25) is 0 Å². The third kappa shape index (κ3) is 4.28. The average Bonchev–Trinajstić information content (AvgIpc) is 2.42. The zero-order valence-electron chi connectivity index (χ0n) is 13.0. The largest absolute Gasteiger partial charge is 0.493 e. The number of hydrogen-bond acceptors (Lipinski definition) is 4. The van der Waals surface area contributed by atoms with Gasteiger partial charge in [-0.1, -0.05) is 6.07 Å². The Morgan fingerprint density at radius 3 is 2.14 bits per heavy atom. The SMILES string of the molecule is COc1ccc(C(O)(CNC(C)(C)C)C(F)F)cc1OC. The highest BCUT2D eigenvalue weighted by Gasteiger charge is 2.40. The van der Waals surface area contributed by atoms with E-state index >= 15 is 0 Å². The Labute approximate surface area is 124 Å². The van der Waals surface area contributed by atoms with E-state index in [-0.39, 0.29) is 17.6 Å². The normalized spacial score (nSPS) is 14.9. The molecule has 0 fully saturated rings. The summed E-state index contributed by atoms with van der Waals surface area (Å²) in [4.78, 5) is 0. The molecule has 1 aromatic rings. The van der Waals surface area contributed by atoms with Crippen molar-refractivity contribution in [2.45, 2.75) is 38.3 Å². The molecule has 1 unspecified atom stereocenters. The van der Waals surface area contributed by atoms with Crippen LogP contribution in [0.4, 0.5) is 8.78 Å². The number of ether oxygens (including phenoxy) is 2. The molecular weight excluding hydrogens is 280 g/mol. The molecule has 0 aliphatic rings. The lowest BCUT2D eigenvalue weighted by Gasteiger charge is -2.32. The van der Waals surface area contributed by atoms with Crippen LogP contribution in [0, 0.1) is 0 Å². The van der Waals surface area contributed by atoms with Gasteiger partial charge in [0.2, 0.25) is 0 Å². The number of rotatable bonds is 6. The van der Waals surface area contributed by atoms with E-state index < -0.39 is 12.0 Å². The molecular formula is C15H23F2NO3. The molecule has 0 heterocycles. The minimum atomic E-state index is -2.94. The van der Waals surface area contributed by atoms with Crippen LogP contribution >= 0.6 is 0 Å². The van der Waals surface area contributed by atoms with Crippen molar-refractivity contribution in [3.8, 4) is 11.5 Å². The van der Waals surface area contributed by atoms with Crippen molar-refractivity contribution in [3.05, 3.63) is 23.8 Å². The predicted octanol–water partition coefficient (Wildman–Crippen LogP) is 2.54. The Balaban J connectivity index is 3.16. The fraction of sp³-hybridized carbons (Fsp3) is 0.600. The van der Waals surface area contributed by atoms with Crippen LogP contribution < -0.4 is 14.8 Å². The van der Waals surface area contributed by atoms with Gasteiger partial charge in [0.05, 0.1) is 14.2 Å². The molecule has 0 saturated heterocycles. The van der Waals surface area contributed by atoms with Crippen LogP contribution in [0.25, 0.3) is 0 Å². The van der Waals surface area contributed by atoms with Crippen LogP contribution in [0.2, 0.25) is 0 Å². The lowest BCUT2D eigenvalue weighted by Crippen LogP contribution is -2.49. The standard InChI is InChI=1S/C15H23F2NO3/c1-14(2,3)18-9-15(19,13(16)17)10-6-7-11(20-4)12(8-10)21-5/h6-8,13,18-19H,9H2,1-5H3. The molecule has 0 aromatic heterocycles. The molecule has 2 N–H and O–H groups in total.